The molecule has 6 aromatic rings. The first-order valence-electron chi connectivity index (χ1n) is 19.6. The van der Waals surface area contributed by atoms with Gasteiger partial charge in [0.15, 0.2) is 0 Å². The molecule has 4 heterocycles. The fourth-order valence-electron chi connectivity index (χ4n) is 8.46. The van der Waals surface area contributed by atoms with Crippen LogP contribution in [0.4, 0.5) is 15.8 Å². The number of halogens is 1. The molecule has 2 aliphatic heterocycles. The van der Waals surface area contributed by atoms with E-state index in [2.05, 4.69) is 31.2 Å². The first-order valence-corrected chi connectivity index (χ1v) is 19.6. The normalized spacial score (nSPS) is 14.7. The van der Waals surface area contributed by atoms with Crippen LogP contribution in [0.2, 0.25) is 0 Å². The van der Waals surface area contributed by atoms with Crippen molar-refractivity contribution in [2.45, 2.75) is 59.2 Å². The summed E-state index contributed by atoms with van der Waals surface area (Å²) >= 11 is 0. The van der Waals surface area contributed by atoms with Crippen molar-refractivity contribution in [2.75, 3.05) is 11.4 Å². The van der Waals surface area contributed by atoms with Gasteiger partial charge in [0.25, 0.3) is 11.8 Å². The van der Waals surface area contributed by atoms with Crippen molar-refractivity contribution in [2.24, 2.45) is 14.1 Å². The smallest absolute Gasteiger partial charge is 0.264 e. The lowest BCUT2D eigenvalue weighted by atomic mass is 9.89. The molecule has 2 aromatic heterocycles. The van der Waals surface area contributed by atoms with Gasteiger partial charge in [-0.05, 0) is 110 Å². The molecule has 0 radical (unpaired) electrons. The maximum absolute atomic E-state index is 15.0. The molecule has 1 unspecified atom stereocenters. The van der Waals surface area contributed by atoms with Gasteiger partial charge < -0.3 is 18.9 Å². The van der Waals surface area contributed by atoms with Gasteiger partial charge in [0.1, 0.15) is 17.6 Å². The van der Waals surface area contributed by atoms with Gasteiger partial charge >= 0.3 is 0 Å². The summed E-state index contributed by atoms with van der Waals surface area (Å²) in [7, 11) is 3.73. The summed E-state index contributed by atoms with van der Waals surface area (Å²) in [4.78, 5) is 48.9. The second kappa shape index (κ2) is 15.3. The number of hydrogen-bond donors (Lipinski definition) is 0. The molecule has 10 heteroatoms. The Morgan fingerprint density at radius 2 is 1.50 bits per heavy atom. The highest BCUT2D eigenvalue weighted by molar-refractivity contribution is 6.13. The molecule has 3 amide bonds. The van der Waals surface area contributed by atoms with Crippen LogP contribution in [0.15, 0.2) is 103 Å². The van der Waals surface area contributed by atoms with Gasteiger partial charge in [-0.2, -0.15) is 5.26 Å². The third-order valence-electron chi connectivity index (χ3n) is 12.1. The lowest BCUT2D eigenvalue weighted by Crippen LogP contribution is -2.43. The summed E-state index contributed by atoms with van der Waals surface area (Å²) in [5, 5.41) is 9.86. The highest BCUT2D eigenvalue weighted by Crippen LogP contribution is 2.38. The Hall–Kier alpha value is -6.73. The molecule has 0 N–H and O–H groups in total. The van der Waals surface area contributed by atoms with E-state index in [9.17, 15) is 19.2 Å². The number of nitrogens with zero attached hydrogens (tertiary/aromatic N) is 6. The number of benzene rings is 4. The Morgan fingerprint density at radius 1 is 0.793 bits per heavy atom. The van der Waals surface area contributed by atoms with Crippen LogP contribution in [0, 0.1) is 31.0 Å². The van der Waals surface area contributed by atoms with E-state index < -0.39 is 0 Å². The Morgan fingerprint density at radius 3 is 2.21 bits per heavy atom. The number of aromatic nitrogens is 2. The quantitative estimate of drug-likeness (QED) is 0.163. The predicted molar refractivity (Wildman–Crippen MR) is 222 cm³/mol. The summed E-state index contributed by atoms with van der Waals surface area (Å²) in [6, 6.07) is 33.5. The average molecular weight is 773 g/mol. The van der Waals surface area contributed by atoms with Crippen LogP contribution < -0.4 is 4.90 Å². The van der Waals surface area contributed by atoms with Crippen LogP contribution in [-0.2, 0) is 51.2 Å². The Kier molecular flexibility index (Phi) is 10.1. The molecule has 0 aliphatic carbocycles. The maximum atomic E-state index is 15.0. The van der Waals surface area contributed by atoms with Crippen molar-refractivity contribution in [1.29, 1.82) is 5.26 Å². The van der Waals surface area contributed by atoms with Gasteiger partial charge in [-0.3, -0.25) is 19.3 Å². The van der Waals surface area contributed by atoms with Crippen LogP contribution in [0.25, 0.3) is 11.3 Å². The van der Waals surface area contributed by atoms with E-state index in [1.54, 1.807) is 27.7 Å². The summed E-state index contributed by atoms with van der Waals surface area (Å²) in [5.74, 6) is -0.779. The number of amides is 3. The minimum atomic E-state index is -0.346. The zero-order valence-electron chi connectivity index (χ0n) is 33.4. The molecular weight excluding hydrogens is 728 g/mol. The first kappa shape index (κ1) is 38.2. The highest BCUT2D eigenvalue weighted by Gasteiger charge is 2.33. The molecular formula is C48H45FN6O3. The standard InChI is InChI=1S/C48H45FN6O3/c1-30-21-34-11-9-10-12-36(34)29-54(30)47(57)43-24-37-28-53(46(56)22-33-15-17-38(49)18-16-33)20-19-35(37)23-42(43)45-26-41(31(2)52(45)5)48(58)55(39-13-7-6-8-14-39)44-25-40(27-50)51(4)32(44)3/h6-18,23-26,30H,19-22,28-29H2,1-5H3. The SMILES string of the molecule is Cc1c(N(C(=O)c2cc(-c3cc4c(cc3C(=O)N3Cc5ccccc5CC3C)CN(C(=O)Cc3ccc(F)cc3)CC4)n(C)c2C)c2ccccc2)cc(C#N)n1C. The lowest BCUT2D eigenvalue weighted by Gasteiger charge is -2.36. The Bertz CT molecular complexity index is 2630. The van der Waals surface area contributed by atoms with Gasteiger partial charge in [0.05, 0.1) is 17.7 Å². The third-order valence-corrected chi connectivity index (χ3v) is 12.1. The van der Waals surface area contributed by atoms with Gasteiger partial charge in [-0.1, -0.05) is 54.6 Å². The van der Waals surface area contributed by atoms with Crippen LogP contribution in [-0.4, -0.2) is 49.2 Å². The lowest BCUT2D eigenvalue weighted by molar-refractivity contribution is -0.131. The van der Waals surface area contributed by atoms with E-state index in [0.29, 0.717) is 54.3 Å². The van der Waals surface area contributed by atoms with Crippen molar-refractivity contribution in [3.8, 4) is 17.3 Å². The van der Waals surface area contributed by atoms with Gasteiger partial charge in [0.2, 0.25) is 5.91 Å². The molecule has 2 aliphatic rings. The van der Waals surface area contributed by atoms with E-state index in [0.717, 1.165) is 51.3 Å². The number of nitriles is 1. The summed E-state index contributed by atoms with van der Waals surface area (Å²) in [6.45, 7) is 7.20. The number of anilines is 2. The molecule has 8 rings (SSSR count). The molecule has 4 aromatic carbocycles. The molecule has 9 nitrogen and oxygen atoms in total. The topological polar surface area (TPSA) is 94.6 Å². The molecule has 1 atom stereocenters. The number of fused-ring (bicyclic) bond motifs is 2. The summed E-state index contributed by atoms with van der Waals surface area (Å²) in [5.41, 5.74) is 10.7. The number of rotatable bonds is 7. The predicted octanol–water partition coefficient (Wildman–Crippen LogP) is 8.35. The minimum absolute atomic E-state index is 0.0563. The third kappa shape index (κ3) is 6.87. The van der Waals surface area contributed by atoms with E-state index in [1.165, 1.54) is 17.7 Å². The summed E-state index contributed by atoms with van der Waals surface area (Å²) in [6.07, 6.45) is 1.48. The Balaban J connectivity index is 1.21. The second-order valence-electron chi connectivity index (χ2n) is 15.5. The fourth-order valence-corrected chi connectivity index (χ4v) is 8.46. The van der Waals surface area contributed by atoms with Crippen molar-refractivity contribution in [1.82, 2.24) is 18.9 Å². The Labute approximate surface area is 338 Å². The molecule has 0 saturated heterocycles. The van der Waals surface area contributed by atoms with E-state index in [4.69, 9.17) is 0 Å². The molecule has 0 spiro atoms. The van der Waals surface area contributed by atoms with E-state index >= 15 is 4.79 Å². The largest absolute Gasteiger partial charge is 0.347 e. The van der Waals surface area contributed by atoms with Crippen LogP contribution >= 0.6 is 0 Å². The fraction of sp³-hybridized carbons (Fsp3) is 0.250. The first-order chi connectivity index (χ1) is 27.9. The van der Waals surface area contributed by atoms with Crippen LogP contribution in [0.5, 0.6) is 0 Å². The average Bonchev–Trinajstić information content (AvgIpc) is 3.69. The number of carbonyl (C=O) groups is 3. The molecule has 0 fully saturated rings. The molecule has 58 heavy (non-hydrogen) atoms. The van der Waals surface area contributed by atoms with E-state index in [-0.39, 0.29) is 36.0 Å². The van der Waals surface area contributed by atoms with Crippen molar-refractivity contribution < 1.29 is 18.8 Å². The van der Waals surface area contributed by atoms with Gasteiger partial charge in [-0.15, -0.1) is 0 Å². The molecule has 0 saturated carbocycles. The summed E-state index contributed by atoms with van der Waals surface area (Å²) < 4.78 is 17.3. The number of para-hydroxylation sites is 1. The number of carbonyl (C=O) groups excluding carboxylic acids is 3. The van der Waals surface area contributed by atoms with Crippen LogP contribution in [0.1, 0.15) is 72.5 Å². The van der Waals surface area contributed by atoms with Crippen molar-refractivity contribution in [3.05, 3.63) is 165 Å². The zero-order chi connectivity index (χ0) is 40.8. The zero-order valence-corrected chi connectivity index (χ0v) is 33.4. The highest BCUT2D eigenvalue weighted by atomic mass is 19.1. The molecule has 292 valence electrons. The minimum Gasteiger partial charge on any atom is -0.347 e. The molecule has 0 bridgehead atoms. The monoisotopic (exact) mass is 772 g/mol. The maximum Gasteiger partial charge on any atom is 0.264 e. The van der Waals surface area contributed by atoms with Gasteiger partial charge in [0, 0.05) is 73.7 Å². The van der Waals surface area contributed by atoms with Crippen molar-refractivity contribution in [3.63, 3.8) is 0 Å². The van der Waals surface area contributed by atoms with Gasteiger partial charge in [-0.25, -0.2) is 4.39 Å². The van der Waals surface area contributed by atoms with Crippen molar-refractivity contribution >= 4 is 29.1 Å². The number of hydrogen-bond acceptors (Lipinski definition) is 4. The van der Waals surface area contributed by atoms with Crippen LogP contribution in [0.3, 0.4) is 0 Å². The van der Waals surface area contributed by atoms with E-state index in [1.807, 2.05) is 96.9 Å². The second-order valence-corrected chi connectivity index (χ2v) is 15.5.